The number of carbonyl (C=O) groups is 2. The first-order valence-corrected chi connectivity index (χ1v) is 11.3. The van der Waals surface area contributed by atoms with Gasteiger partial charge in [0.2, 0.25) is 5.91 Å². The Bertz CT molecular complexity index is 766. The molecule has 2 rings (SSSR count). The van der Waals surface area contributed by atoms with Crippen LogP contribution in [0.1, 0.15) is 56.8 Å². The van der Waals surface area contributed by atoms with Gasteiger partial charge in [0, 0.05) is 4.88 Å². The largest absolute Gasteiger partial charge is 0.462 e. The average Bonchev–Trinajstić information content (AvgIpc) is 3.14. The molecule has 29 heavy (non-hydrogen) atoms. The molecule has 0 atom stereocenters. The summed E-state index contributed by atoms with van der Waals surface area (Å²) in [7, 11) is 0. The van der Waals surface area contributed by atoms with Gasteiger partial charge in [-0.2, -0.15) is 0 Å². The summed E-state index contributed by atoms with van der Waals surface area (Å²) in [5, 5.41) is 3.51. The average molecular weight is 417 g/mol. The van der Waals surface area contributed by atoms with Crippen LogP contribution in [0.2, 0.25) is 0 Å². The number of benzene rings is 1. The van der Waals surface area contributed by atoms with Gasteiger partial charge < -0.3 is 10.1 Å². The number of nitrogens with zero attached hydrogens (tertiary/aromatic N) is 1. The second kappa shape index (κ2) is 12.4. The summed E-state index contributed by atoms with van der Waals surface area (Å²) < 4.78 is 5.19. The fraction of sp³-hybridized carbons (Fsp3) is 0.478. The van der Waals surface area contributed by atoms with Gasteiger partial charge in [0.25, 0.3) is 0 Å². The number of carbonyl (C=O) groups excluding carboxylic acids is 2. The van der Waals surface area contributed by atoms with E-state index in [1.165, 1.54) is 11.3 Å². The minimum absolute atomic E-state index is 0.0933. The number of ether oxygens (including phenoxy) is 1. The molecule has 1 amide bonds. The van der Waals surface area contributed by atoms with E-state index >= 15 is 0 Å². The molecule has 0 unspecified atom stereocenters. The Morgan fingerprint density at radius 2 is 1.69 bits per heavy atom. The van der Waals surface area contributed by atoms with Gasteiger partial charge in [0.15, 0.2) is 0 Å². The summed E-state index contributed by atoms with van der Waals surface area (Å²) in [5.74, 6) is -0.501. The molecule has 0 aliphatic rings. The van der Waals surface area contributed by atoms with Crippen molar-refractivity contribution in [2.24, 2.45) is 0 Å². The smallest absolute Gasteiger partial charge is 0.341 e. The summed E-state index contributed by atoms with van der Waals surface area (Å²) in [6.45, 7) is 8.54. The Kier molecular flexibility index (Phi) is 9.88. The summed E-state index contributed by atoms with van der Waals surface area (Å²) >= 11 is 1.41. The van der Waals surface area contributed by atoms with Gasteiger partial charge in [-0.25, -0.2) is 4.79 Å². The van der Waals surface area contributed by atoms with E-state index in [9.17, 15) is 9.59 Å². The molecule has 5 nitrogen and oxygen atoms in total. The monoisotopic (exact) mass is 416 g/mol. The Morgan fingerprint density at radius 1 is 1.03 bits per heavy atom. The normalized spacial score (nSPS) is 10.9. The Labute approximate surface area is 178 Å². The Morgan fingerprint density at radius 3 is 2.28 bits per heavy atom. The third-order valence-corrected chi connectivity index (χ3v) is 5.66. The standard InChI is InChI=1S/C23H32N2O3S/c1-4-7-14-25(15-8-5-2)17-21(26)24-22-19(23(27)28-6-3)16-20(29-22)18-12-10-9-11-13-18/h9-13,16H,4-8,14-15,17H2,1-3H3,(H,24,26). The Hall–Kier alpha value is -2.18. The molecule has 0 radical (unpaired) electrons. The van der Waals surface area contributed by atoms with E-state index < -0.39 is 5.97 Å². The molecular weight excluding hydrogens is 384 g/mol. The molecule has 2 aromatic rings. The summed E-state index contributed by atoms with van der Waals surface area (Å²) in [6.07, 6.45) is 4.34. The van der Waals surface area contributed by atoms with Crippen LogP contribution in [0.25, 0.3) is 10.4 Å². The number of amides is 1. The highest BCUT2D eigenvalue weighted by Gasteiger charge is 2.20. The third-order valence-electron chi connectivity index (χ3n) is 4.56. The van der Waals surface area contributed by atoms with E-state index in [2.05, 4.69) is 24.1 Å². The maximum atomic E-state index is 12.7. The molecular formula is C23H32N2O3S. The van der Waals surface area contributed by atoms with Crippen LogP contribution < -0.4 is 5.32 Å². The van der Waals surface area contributed by atoms with Crippen molar-refractivity contribution < 1.29 is 14.3 Å². The Balaban J connectivity index is 2.17. The number of hydrogen-bond acceptors (Lipinski definition) is 5. The highest BCUT2D eigenvalue weighted by molar-refractivity contribution is 7.20. The number of nitrogens with one attached hydrogen (secondary N) is 1. The summed E-state index contributed by atoms with van der Waals surface area (Å²) in [4.78, 5) is 28.3. The quantitative estimate of drug-likeness (QED) is 0.469. The fourth-order valence-corrected chi connectivity index (χ4v) is 4.06. The van der Waals surface area contributed by atoms with Gasteiger partial charge in [-0.3, -0.25) is 9.69 Å². The maximum Gasteiger partial charge on any atom is 0.341 e. The van der Waals surface area contributed by atoms with Gasteiger partial charge in [-0.05, 0) is 44.5 Å². The lowest BCUT2D eigenvalue weighted by molar-refractivity contribution is -0.117. The molecule has 1 aromatic heterocycles. The molecule has 1 aromatic carbocycles. The molecule has 0 aliphatic carbocycles. The minimum Gasteiger partial charge on any atom is -0.462 e. The molecule has 158 valence electrons. The second-order valence-corrected chi connectivity index (χ2v) is 8.02. The zero-order valence-electron chi connectivity index (χ0n) is 17.7. The number of rotatable bonds is 12. The van der Waals surface area contributed by atoms with Gasteiger partial charge in [0.1, 0.15) is 5.00 Å². The van der Waals surface area contributed by atoms with Crippen LogP contribution in [-0.2, 0) is 9.53 Å². The van der Waals surface area contributed by atoms with Crippen LogP contribution in [0.5, 0.6) is 0 Å². The van der Waals surface area contributed by atoms with Crippen molar-refractivity contribution in [1.82, 2.24) is 4.90 Å². The first kappa shape index (κ1) is 23.1. The van der Waals surface area contributed by atoms with Gasteiger partial charge in [0.05, 0.1) is 18.7 Å². The zero-order valence-corrected chi connectivity index (χ0v) is 18.5. The van der Waals surface area contributed by atoms with Crippen LogP contribution in [0, 0.1) is 0 Å². The number of esters is 1. The second-order valence-electron chi connectivity index (χ2n) is 6.97. The third kappa shape index (κ3) is 7.29. The lowest BCUT2D eigenvalue weighted by atomic mass is 10.1. The SMILES string of the molecule is CCCCN(CCCC)CC(=O)Nc1sc(-c2ccccc2)cc1C(=O)OCC. The van der Waals surface area contributed by atoms with E-state index in [0.29, 0.717) is 23.7 Å². The number of hydrogen-bond donors (Lipinski definition) is 1. The predicted octanol–water partition coefficient (Wildman–Crippen LogP) is 5.43. The summed E-state index contributed by atoms with van der Waals surface area (Å²) in [5.41, 5.74) is 1.42. The van der Waals surface area contributed by atoms with Crippen molar-refractivity contribution in [3.05, 3.63) is 42.0 Å². The molecule has 0 bridgehead atoms. The molecule has 0 saturated carbocycles. The lowest BCUT2D eigenvalue weighted by Gasteiger charge is -2.21. The molecule has 6 heteroatoms. The number of unbranched alkanes of at least 4 members (excludes halogenated alkanes) is 2. The fourth-order valence-electron chi connectivity index (χ4n) is 2.99. The molecule has 1 heterocycles. The minimum atomic E-state index is -0.407. The predicted molar refractivity (Wildman–Crippen MR) is 121 cm³/mol. The first-order chi connectivity index (χ1) is 14.1. The van der Waals surface area contributed by atoms with E-state index in [1.807, 2.05) is 30.3 Å². The number of anilines is 1. The lowest BCUT2D eigenvalue weighted by Crippen LogP contribution is -2.34. The van der Waals surface area contributed by atoms with Crippen molar-refractivity contribution >= 4 is 28.2 Å². The van der Waals surface area contributed by atoms with Crippen LogP contribution in [0.3, 0.4) is 0 Å². The van der Waals surface area contributed by atoms with Crippen LogP contribution in [0.15, 0.2) is 36.4 Å². The van der Waals surface area contributed by atoms with Crippen molar-refractivity contribution in [1.29, 1.82) is 0 Å². The van der Waals surface area contributed by atoms with Gasteiger partial charge in [-0.1, -0.05) is 57.0 Å². The van der Waals surface area contributed by atoms with Crippen LogP contribution in [0.4, 0.5) is 5.00 Å². The van der Waals surface area contributed by atoms with Crippen molar-refractivity contribution in [3.63, 3.8) is 0 Å². The van der Waals surface area contributed by atoms with E-state index in [-0.39, 0.29) is 5.91 Å². The molecule has 0 fully saturated rings. The molecule has 1 N–H and O–H groups in total. The van der Waals surface area contributed by atoms with Crippen LogP contribution in [-0.4, -0.2) is 43.0 Å². The first-order valence-electron chi connectivity index (χ1n) is 10.5. The number of thiophene rings is 1. The molecule has 0 aliphatic heterocycles. The van der Waals surface area contributed by atoms with Gasteiger partial charge >= 0.3 is 5.97 Å². The zero-order chi connectivity index (χ0) is 21.1. The highest BCUT2D eigenvalue weighted by Crippen LogP contribution is 2.35. The molecule has 0 saturated heterocycles. The van der Waals surface area contributed by atoms with Crippen LogP contribution >= 0.6 is 11.3 Å². The molecule has 0 spiro atoms. The van der Waals surface area contributed by atoms with Gasteiger partial charge in [-0.15, -0.1) is 11.3 Å². The maximum absolute atomic E-state index is 12.7. The van der Waals surface area contributed by atoms with E-state index in [1.54, 1.807) is 13.0 Å². The highest BCUT2D eigenvalue weighted by atomic mass is 32.1. The van der Waals surface area contributed by atoms with Crippen molar-refractivity contribution in [2.45, 2.75) is 46.5 Å². The van der Waals surface area contributed by atoms with E-state index in [0.717, 1.165) is 49.2 Å². The van der Waals surface area contributed by atoms with E-state index in [4.69, 9.17) is 4.74 Å². The topological polar surface area (TPSA) is 58.6 Å². The summed E-state index contributed by atoms with van der Waals surface area (Å²) in [6, 6.07) is 11.6. The van der Waals surface area contributed by atoms with Crippen molar-refractivity contribution in [3.8, 4) is 10.4 Å². The van der Waals surface area contributed by atoms with Crippen molar-refractivity contribution in [2.75, 3.05) is 31.6 Å².